The predicted molar refractivity (Wildman–Crippen MR) is 49.6 cm³/mol. The van der Waals surface area contributed by atoms with E-state index in [1.807, 2.05) is 18.2 Å². The van der Waals surface area contributed by atoms with Crippen molar-refractivity contribution in [1.82, 2.24) is 5.16 Å². The Balaban J connectivity index is 2.73. The Morgan fingerprint density at radius 2 is 2.33 bits per heavy atom. The molecule has 2 aromatic rings. The first-order valence-corrected chi connectivity index (χ1v) is 4.34. The van der Waals surface area contributed by atoms with E-state index in [4.69, 9.17) is 10.3 Å². The lowest BCUT2D eigenvalue weighted by atomic mass is 10.2. The predicted octanol–water partition coefficient (Wildman–Crippen LogP) is 2.05. The van der Waals surface area contributed by atoms with E-state index in [2.05, 4.69) is 21.1 Å². The van der Waals surface area contributed by atoms with Crippen molar-refractivity contribution in [1.29, 1.82) is 0 Å². The second-order valence-corrected chi connectivity index (χ2v) is 3.39. The SMILES string of the molecule is NCc1noc2cc(Br)ccc12. The van der Waals surface area contributed by atoms with E-state index < -0.39 is 0 Å². The molecule has 0 bridgehead atoms. The van der Waals surface area contributed by atoms with Gasteiger partial charge in [0.05, 0.1) is 0 Å². The quantitative estimate of drug-likeness (QED) is 0.810. The lowest BCUT2D eigenvalue weighted by molar-refractivity contribution is 0.446. The van der Waals surface area contributed by atoms with Gasteiger partial charge in [0.25, 0.3) is 0 Å². The molecule has 0 unspecified atom stereocenters. The summed E-state index contributed by atoms with van der Waals surface area (Å²) in [4.78, 5) is 0. The van der Waals surface area contributed by atoms with Gasteiger partial charge < -0.3 is 10.3 Å². The molecule has 0 aliphatic carbocycles. The first kappa shape index (κ1) is 7.76. The van der Waals surface area contributed by atoms with Crippen LogP contribution in [-0.4, -0.2) is 5.16 Å². The molecular weight excluding hydrogens is 220 g/mol. The molecule has 1 aromatic carbocycles. The summed E-state index contributed by atoms with van der Waals surface area (Å²) in [7, 11) is 0. The van der Waals surface area contributed by atoms with Gasteiger partial charge in [0.1, 0.15) is 5.69 Å². The average molecular weight is 227 g/mol. The van der Waals surface area contributed by atoms with E-state index in [0.29, 0.717) is 6.54 Å². The average Bonchev–Trinajstić information content (AvgIpc) is 2.46. The molecule has 62 valence electrons. The Bertz CT molecular complexity index is 410. The van der Waals surface area contributed by atoms with Crippen LogP contribution in [0.5, 0.6) is 0 Å². The van der Waals surface area contributed by atoms with Gasteiger partial charge in [-0.3, -0.25) is 0 Å². The fraction of sp³-hybridized carbons (Fsp3) is 0.125. The molecule has 0 aliphatic rings. The molecule has 0 spiro atoms. The number of hydrogen-bond acceptors (Lipinski definition) is 3. The standard InChI is InChI=1S/C8H7BrN2O/c9-5-1-2-6-7(4-10)11-12-8(6)3-5/h1-3H,4,10H2. The van der Waals surface area contributed by atoms with Gasteiger partial charge in [-0.1, -0.05) is 21.1 Å². The number of rotatable bonds is 1. The molecule has 2 N–H and O–H groups in total. The molecular formula is C8H7BrN2O. The Morgan fingerprint density at radius 1 is 1.50 bits per heavy atom. The molecule has 0 atom stereocenters. The highest BCUT2D eigenvalue weighted by atomic mass is 79.9. The van der Waals surface area contributed by atoms with E-state index in [9.17, 15) is 0 Å². The first-order valence-electron chi connectivity index (χ1n) is 3.55. The van der Waals surface area contributed by atoms with Crippen LogP contribution in [0, 0.1) is 0 Å². The highest BCUT2D eigenvalue weighted by Crippen LogP contribution is 2.21. The molecule has 3 nitrogen and oxygen atoms in total. The Kier molecular flexibility index (Phi) is 1.86. The van der Waals surface area contributed by atoms with Crippen molar-refractivity contribution in [2.45, 2.75) is 6.54 Å². The zero-order valence-corrected chi connectivity index (χ0v) is 7.84. The summed E-state index contributed by atoms with van der Waals surface area (Å²) < 4.78 is 6.04. The highest BCUT2D eigenvalue weighted by molar-refractivity contribution is 9.10. The summed E-state index contributed by atoms with van der Waals surface area (Å²) in [6.07, 6.45) is 0. The van der Waals surface area contributed by atoms with Gasteiger partial charge in [-0.05, 0) is 18.2 Å². The number of aromatic nitrogens is 1. The molecule has 0 aliphatic heterocycles. The van der Waals surface area contributed by atoms with E-state index in [0.717, 1.165) is 21.1 Å². The third kappa shape index (κ3) is 1.13. The lowest BCUT2D eigenvalue weighted by Crippen LogP contribution is -1.95. The van der Waals surface area contributed by atoms with Gasteiger partial charge in [-0.2, -0.15) is 0 Å². The fourth-order valence-corrected chi connectivity index (χ4v) is 1.45. The monoisotopic (exact) mass is 226 g/mol. The summed E-state index contributed by atoms with van der Waals surface area (Å²) in [6.45, 7) is 0.411. The fourth-order valence-electron chi connectivity index (χ4n) is 1.11. The van der Waals surface area contributed by atoms with Crippen LogP contribution in [0.25, 0.3) is 11.0 Å². The minimum Gasteiger partial charge on any atom is -0.356 e. The summed E-state index contributed by atoms with van der Waals surface area (Å²) in [5, 5.41) is 4.82. The summed E-state index contributed by atoms with van der Waals surface area (Å²) in [6, 6.07) is 5.76. The lowest BCUT2D eigenvalue weighted by Gasteiger charge is -1.89. The van der Waals surface area contributed by atoms with Crippen LogP contribution in [-0.2, 0) is 6.54 Å². The molecule has 1 heterocycles. The van der Waals surface area contributed by atoms with Crippen molar-refractivity contribution in [3.8, 4) is 0 Å². The second-order valence-electron chi connectivity index (χ2n) is 2.47. The molecule has 0 radical (unpaired) electrons. The largest absolute Gasteiger partial charge is 0.356 e. The van der Waals surface area contributed by atoms with Gasteiger partial charge in [0, 0.05) is 16.4 Å². The maximum atomic E-state index is 5.46. The van der Waals surface area contributed by atoms with Crippen LogP contribution < -0.4 is 5.73 Å². The maximum absolute atomic E-state index is 5.46. The number of nitrogens with zero attached hydrogens (tertiary/aromatic N) is 1. The van der Waals surface area contributed by atoms with Crippen LogP contribution in [0.3, 0.4) is 0 Å². The smallest absolute Gasteiger partial charge is 0.168 e. The van der Waals surface area contributed by atoms with Crippen molar-refractivity contribution in [2.75, 3.05) is 0 Å². The van der Waals surface area contributed by atoms with Crippen LogP contribution in [0.4, 0.5) is 0 Å². The second kappa shape index (κ2) is 2.88. The number of fused-ring (bicyclic) bond motifs is 1. The minimum absolute atomic E-state index is 0.411. The maximum Gasteiger partial charge on any atom is 0.168 e. The summed E-state index contributed by atoms with van der Waals surface area (Å²) in [5.74, 6) is 0. The van der Waals surface area contributed by atoms with E-state index in [1.54, 1.807) is 0 Å². The first-order chi connectivity index (χ1) is 5.81. The summed E-state index contributed by atoms with van der Waals surface area (Å²) in [5.41, 5.74) is 7.04. The zero-order chi connectivity index (χ0) is 8.55. The number of halogens is 1. The third-order valence-electron chi connectivity index (χ3n) is 1.70. The molecule has 0 amide bonds. The van der Waals surface area contributed by atoms with Crippen LogP contribution in [0.15, 0.2) is 27.2 Å². The summed E-state index contributed by atoms with van der Waals surface area (Å²) >= 11 is 3.34. The molecule has 2 rings (SSSR count). The van der Waals surface area contributed by atoms with Crippen LogP contribution in [0.2, 0.25) is 0 Å². The Morgan fingerprint density at radius 3 is 3.08 bits per heavy atom. The molecule has 0 saturated heterocycles. The number of nitrogens with two attached hydrogens (primary N) is 1. The molecule has 12 heavy (non-hydrogen) atoms. The van der Waals surface area contributed by atoms with Crippen molar-refractivity contribution in [3.63, 3.8) is 0 Å². The van der Waals surface area contributed by atoms with E-state index in [1.165, 1.54) is 0 Å². The number of benzene rings is 1. The Labute approximate surface area is 77.7 Å². The van der Waals surface area contributed by atoms with Gasteiger partial charge in [-0.25, -0.2) is 0 Å². The van der Waals surface area contributed by atoms with Crippen molar-refractivity contribution in [3.05, 3.63) is 28.4 Å². The van der Waals surface area contributed by atoms with Crippen molar-refractivity contribution in [2.24, 2.45) is 5.73 Å². The molecule has 4 heteroatoms. The van der Waals surface area contributed by atoms with Crippen LogP contribution >= 0.6 is 15.9 Å². The van der Waals surface area contributed by atoms with Gasteiger partial charge in [0.2, 0.25) is 0 Å². The van der Waals surface area contributed by atoms with Crippen molar-refractivity contribution < 1.29 is 4.52 Å². The van der Waals surface area contributed by atoms with Gasteiger partial charge in [0.15, 0.2) is 5.58 Å². The van der Waals surface area contributed by atoms with E-state index >= 15 is 0 Å². The topological polar surface area (TPSA) is 52.0 Å². The third-order valence-corrected chi connectivity index (χ3v) is 2.20. The van der Waals surface area contributed by atoms with Gasteiger partial charge >= 0.3 is 0 Å². The van der Waals surface area contributed by atoms with Crippen molar-refractivity contribution >= 4 is 26.9 Å². The minimum atomic E-state index is 0.411. The number of hydrogen-bond donors (Lipinski definition) is 1. The van der Waals surface area contributed by atoms with Crippen LogP contribution in [0.1, 0.15) is 5.69 Å². The molecule has 0 saturated carbocycles. The zero-order valence-electron chi connectivity index (χ0n) is 6.25. The van der Waals surface area contributed by atoms with Gasteiger partial charge in [-0.15, -0.1) is 0 Å². The highest BCUT2D eigenvalue weighted by Gasteiger charge is 2.05. The normalized spacial score (nSPS) is 10.8. The van der Waals surface area contributed by atoms with E-state index in [-0.39, 0.29) is 0 Å². The molecule has 0 fully saturated rings. The molecule has 1 aromatic heterocycles. The Hall–Kier alpha value is -0.870.